The summed E-state index contributed by atoms with van der Waals surface area (Å²) in [5.41, 5.74) is 8.18. The smallest absolute Gasteiger partial charge is 0.0756 e. The van der Waals surface area contributed by atoms with E-state index in [1.807, 2.05) is 13.1 Å². The number of aryl methyl sites for hydroxylation is 1. The highest BCUT2D eigenvalue weighted by Crippen LogP contribution is 2.34. The van der Waals surface area contributed by atoms with Crippen molar-refractivity contribution in [3.8, 4) is 0 Å². The van der Waals surface area contributed by atoms with E-state index in [1.165, 1.54) is 25.7 Å². The Morgan fingerprint density at radius 3 is 2.75 bits per heavy atom. The topological polar surface area (TPSA) is 51.8 Å². The maximum Gasteiger partial charge on any atom is 0.0756 e. The third-order valence-corrected chi connectivity index (χ3v) is 3.63. The first-order chi connectivity index (χ1) is 7.66. The summed E-state index contributed by atoms with van der Waals surface area (Å²) < 4.78 is 0. The fourth-order valence-corrected chi connectivity index (χ4v) is 2.62. The second kappa shape index (κ2) is 4.91. The number of hydrogen-bond donors (Lipinski definition) is 1. The van der Waals surface area contributed by atoms with Crippen LogP contribution in [0.15, 0.2) is 12.4 Å². The molecule has 2 N–H and O–H groups in total. The Balaban J connectivity index is 2.06. The number of nitrogens with two attached hydrogens (primary N) is 1. The SMILES string of the molecule is Cc1cnc(C(N)C2CCCC(C)C2)cn1. The standard InChI is InChI=1S/C13H21N3/c1-9-4-3-5-11(6-9)13(14)12-8-15-10(2)7-16-12/h7-9,11,13H,3-6,14H2,1-2H3. The Kier molecular flexibility index (Phi) is 3.54. The minimum absolute atomic E-state index is 0.0656. The normalized spacial score (nSPS) is 27.7. The van der Waals surface area contributed by atoms with Crippen molar-refractivity contribution in [2.75, 3.05) is 0 Å². The highest BCUT2D eigenvalue weighted by atomic mass is 14.8. The zero-order valence-electron chi connectivity index (χ0n) is 10.2. The van der Waals surface area contributed by atoms with Gasteiger partial charge in [-0.3, -0.25) is 9.97 Å². The van der Waals surface area contributed by atoms with Gasteiger partial charge in [-0.2, -0.15) is 0 Å². The largest absolute Gasteiger partial charge is 0.322 e. The van der Waals surface area contributed by atoms with E-state index in [0.29, 0.717) is 5.92 Å². The molecule has 1 aliphatic carbocycles. The molecule has 0 spiro atoms. The van der Waals surface area contributed by atoms with E-state index >= 15 is 0 Å². The quantitative estimate of drug-likeness (QED) is 0.831. The van der Waals surface area contributed by atoms with Crippen LogP contribution >= 0.6 is 0 Å². The van der Waals surface area contributed by atoms with E-state index in [2.05, 4.69) is 16.9 Å². The predicted molar refractivity (Wildman–Crippen MR) is 64.8 cm³/mol. The summed E-state index contributed by atoms with van der Waals surface area (Å²) in [6, 6.07) is 0.0656. The molecule has 88 valence electrons. The van der Waals surface area contributed by atoms with Gasteiger partial charge in [0.25, 0.3) is 0 Å². The van der Waals surface area contributed by atoms with Crippen LogP contribution in [-0.4, -0.2) is 9.97 Å². The molecule has 3 unspecified atom stereocenters. The van der Waals surface area contributed by atoms with Gasteiger partial charge in [0.15, 0.2) is 0 Å². The van der Waals surface area contributed by atoms with Gasteiger partial charge in [0.1, 0.15) is 0 Å². The minimum atomic E-state index is 0.0656. The van der Waals surface area contributed by atoms with E-state index in [-0.39, 0.29) is 6.04 Å². The first-order valence-electron chi connectivity index (χ1n) is 6.21. The zero-order valence-corrected chi connectivity index (χ0v) is 10.2. The number of nitrogens with zero attached hydrogens (tertiary/aromatic N) is 2. The average molecular weight is 219 g/mol. The molecule has 0 radical (unpaired) electrons. The van der Waals surface area contributed by atoms with Crippen LogP contribution in [-0.2, 0) is 0 Å². The first kappa shape index (κ1) is 11.5. The van der Waals surface area contributed by atoms with Crippen molar-refractivity contribution < 1.29 is 0 Å². The van der Waals surface area contributed by atoms with Crippen molar-refractivity contribution in [3.63, 3.8) is 0 Å². The lowest BCUT2D eigenvalue weighted by atomic mass is 9.78. The van der Waals surface area contributed by atoms with E-state index in [0.717, 1.165) is 17.3 Å². The predicted octanol–water partition coefficient (Wildman–Crippen LogP) is 2.61. The van der Waals surface area contributed by atoms with E-state index in [4.69, 9.17) is 5.73 Å². The molecule has 2 rings (SSSR count). The van der Waals surface area contributed by atoms with Crippen LogP contribution in [0.25, 0.3) is 0 Å². The van der Waals surface area contributed by atoms with Crippen LogP contribution in [0.3, 0.4) is 0 Å². The maximum atomic E-state index is 6.28. The Morgan fingerprint density at radius 2 is 2.12 bits per heavy atom. The van der Waals surface area contributed by atoms with Crippen molar-refractivity contribution >= 4 is 0 Å². The lowest BCUT2D eigenvalue weighted by Crippen LogP contribution is -2.27. The number of aromatic nitrogens is 2. The molecule has 0 amide bonds. The Morgan fingerprint density at radius 1 is 1.31 bits per heavy atom. The van der Waals surface area contributed by atoms with Gasteiger partial charge >= 0.3 is 0 Å². The molecular formula is C13H21N3. The van der Waals surface area contributed by atoms with Gasteiger partial charge in [-0.05, 0) is 31.6 Å². The number of rotatable bonds is 2. The molecule has 1 saturated carbocycles. The van der Waals surface area contributed by atoms with Crippen molar-refractivity contribution in [1.82, 2.24) is 9.97 Å². The molecule has 1 heterocycles. The summed E-state index contributed by atoms with van der Waals surface area (Å²) in [4.78, 5) is 8.66. The van der Waals surface area contributed by atoms with Crippen LogP contribution in [0, 0.1) is 18.8 Å². The summed E-state index contributed by atoms with van der Waals surface area (Å²) in [7, 11) is 0. The summed E-state index contributed by atoms with van der Waals surface area (Å²) >= 11 is 0. The molecule has 3 heteroatoms. The van der Waals surface area contributed by atoms with Gasteiger partial charge in [0.05, 0.1) is 23.6 Å². The summed E-state index contributed by atoms with van der Waals surface area (Å²) in [6.07, 6.45) is 8.76. The molecular weight excluding hydrogens is 198 g/mol. The molecule has 3 atom stereocenters. The Hall–Kier alpha value is -0.960. The van der Waals surface area contributed by atoms with Crippen molar-refractivity contribution in [3.05, 3.63) is 23.8 Å². The molecule has 1 fully saturated rings. The van der Waals surface area contributed by atoms with Crippen molar-refractivity contribution in [1.29, 1.82) is 0 Å². The molecule has 0 aliphatic heterocycles. The lowest BCUT2D eigenvalue weighted by Gasteiger charge is -2.30. The van der Waals surface area contributed by atoms with E-state index < -0.39 is 0 Å². The Bertz CT molecular complexity index is 334. The van der Waals surface area contributed by atoms with Gasteiger partial charge < -0.3 is 5.73 Å². The molecule has 1 aliphatic rings. The number of hydrogen-bond acceptors (Lipinski definition) is 3. The maximum absolute atomic E-state index is 6.28. The third kappa shape index (κ3) is 2.59. The first-order valence-corrected chi connectivity index (χ1v) is 6.21. The van der Waals surface area contributed by atoms with Gasteiger partial charge in [-0.25, -0.2) is 0 Å². The molecule has 0 saturated heterocycles. The van der Waals surface area contributed by atoms with Crippen molar-refractivity contribution in [2.45, 2.75) is 45.6 Å². The molecule has 1 aromatic rings. The zero-order chi connectivity index (χ0) is 11.5. The van der Waals surface area contributed by atoms with Crippen LogP contribution in [0.4, 0.5) is 0 Å². The fourth-order valence-electron chi connectivity index (χ4n) is 2.62. The second-order valence-corrected chi connectivity index (χ2v) is 5.14. The van der Waals surface area contributed by atoms with Crippen LogP contribution in [0.2, 0.25) is 0 Å². The molecule has 0 aromatic carbocycles. The molecule has 1 aromatic heterocycles. The lowest BCUT2D eigenvalue weighted by molar-refractivity contribution is 0.245. The van der Waals surface area contributed by atoms with E-state index in [1.54, 1.807) is 6.20 Å². The minimum Gasteiger partial charge on any atom is -0.322 e. The van der Waals surface area contributed by atoms with E-state index in [9.17, 15) is 0 Å². The average Bonchev–Trinajstić information content (AvgIpc) is 2.29. The molecule has 3 nitrogen and oxygen atoms in total. The van der Waals surface area contributed by atoms with Crippen LogP contribution < -0.4 is 5.73 Å². The van der Waals surface area contributed by atoms with Crippen molar-refractivity contribution in [2.24, 2.45) is 17.6 Å². The fraction of sp³-hybridized carbons (Fsp3) is 0.692. The van der Waals surface area contributed by atoms with Gasteiger partial charge in [0.2, 0.25) is 0 Å². The van der Waals surface area contributed by atoms with Gasteiger partial charge in [0, 0.05) is 6.20 Å². The highest BCUT2D eigenvalue weighted by molar-refractivity contribution is 5.06. The monoisotopic (exact) mass is 219 g/mol. The van der Waals surface area contributed by atoms with Crippen LogP contribution in [0.5, 0.6) is 0 Å². The summed E-state index contributed by atoms with van der Waals surface area (Å²) in [6.45, 7) is 4.27. The third-order valence-electron chi connectivity index (χ3n) is 3.63. The van der Waals surface area contributed by atoms with Crippen LogP contribution in [0.1, 0.15) is 50.0 Å². The van der Waals surface area contributed by atoms with Gasteiger partial charge in [-0.15, -0.1) is 0 Å². The second-order valence-electron chi connectivity index (χ2n) is 5.14. The highest BCUT2D eigenvalue weighted by Gasteiger charge is 2.26. The molecule has 16 heavy (non-hydrogen) atoms. The summed E-state index contributed by atoms with van der Waals surface area (Å²) in [5, 5.41) is 0. The Labute approximate surface area is 97.5 Å². The summed E-state index contributed by atoms with van der Waals surface area (Å²) in [5.74, 6) is 1.39. The van der Waals surface area contributed by atoms with Gasteiger partial charge in [-0.1, -0.05) is 19.8 Å². The molecule has 0 bridgehead atoms.